The van der Waals surface area contributed by atoms with E-state index >= 15 is 0 Å². The minimum atomic E-state index is -0.663. The van der Waals surface area contributed by atoms with Crippen LogP contribution in [-0.4, -0.2) is 52.9 Å². The molecule has 1 saturated heterocycles. The third kappa shape index (κ3) is 6.80. The highest BCUT2D eigenvalue weighted by molar-refractivity contribution is 5.88. The number of amides is 2. The van der Waals surface area contributed by atoms with Crippen molar-refractivity contribution in [3.63, 3.8) is 0 Å². The van der Waals surface area contributed by atoms with Gasteiger partial charge >= 0.3 is 12.2 Å². The summed E-state index contributed by atoms with van der Waals surface area (Å²) in [7, 11) is 0. The monoisotopic (exact) mass is 300 g/mol. The van der Waals surface area contributed by atoms with E-state index < -0.39 is 23.4 Å². The van der Waals surface area contributed by atoms with Crippen molar-refractivity contribution < 1.29 is 19.1 Å². The number of imide groups is 1. The van der Waals surface area contributed by atoms with E-state index in [0.717, 1.165) is 30.8 Å². The molecule has 0 N–H and O–H groups in total. The highest BCUT2D eigenvalue weighted by atomic mass is 16.6. The Kier molecular flexibility index (Phi) is 5.61. The van der Waals surface area contributed by atoms with Gasteiger partial charge in [-0.25, -0.2) is 9.59 Å². The van der Waals surface area contributed by atoms with E-state index in [-0.39, 0.29) is 6.67 Å². The van der Waals surface area contributed by atoms with Crippen LogP contribution < -0.4 is 0 Å². The Balaban J connectivity index is 2.77. The lowest BCUT2D eigenvalue weighted by Gasteiger charge is -2.30. The lowest BCUT2D eigenvalue weighted by molar-refractivity contribution is -0.00791. The van der Waals surface area contributed by atoms with E-state index in [9.17, 15) is 9.59 Å². The summed E-state index contributed by atoms with van der Waals surface area (Å²) in [5, 5.41) is 0. The lowest BCUT2D eigenvalue weighted by atomic mass is 10.2. The first-order valence-electron chi connectivity index (χ1n) is 7.44. The molecule has 0 atom stereocenters. The van der Waals surface area contributed by atoms with Crippen molar-refractivity contribution in [3.05, 3.63) is 0 Å². The summed E-state index contributed by atoms with van der Waals surface area (Å²) < 4.78 is 10.6. The number of hydrogen-bond acceptors (Lipinski definition) is 5. The highest BCUT2D eigenvalue weighted by Gasteiger charge is 2.32. The molecule has 0 saturated carbocycles. The largest absolute Gasteiger partial charge is 0.443 e. The third-order valence-electron chi connectivity index (χ3n) is 2.77. The Morgan fingerprint density at radius 1 is 0.905 bits per heavy atom. The zero-order chi connectivity index (χ0) is 16.3. The maximum atomic E-state index is 12.3. The Morgan fingerprint density at radius 2 is 1.29 bits per heavy atom. The van der Waals surface area contributed by atoms with Crippen molar-refractivity contribution in [2.24, 2.45) is 0 Å². The summed E-state index contributed by atoms with van der Waals surface area (Å²) in [5.41, 5.74) is -1.30. The summed E-state index contributed by atoms with van der Waals surface area (Å²) in [6, 6.07) is 0. The number of likely N-dealkylation sites (tertiary alicyclic amines) is 1. The van der Waals surface area contributed by atoms with Crippen LogP contribution in [0.25, 0.3) is 0 Å². The van der Waals surface area contributed by atoms with Crippen LogP contribution in [0.3, 0.4) is 0 Å². The molecule has 1 rings (SSSR count). The molecule has 1 fully saturated rings. The molecular formula is C15H28N2O4. The Hall–Kier alpha value is -1.30. The number of rotatable bonds is 2. The fourth-order valence-electron chi connectivity index (χ4n) is 1.95. The molecule has 0 aromatic rings. The fourth-order valence-corrected chi connectivity index (χ4v) is 1.95. The van der Waals surface area contributed by atoms with Crippen LogP contribution in [0.1, 0.15) is 54.4 Å². The highest BCUT2D eigenvalue weighted by Crippen LogP contribution is 2.16. The van der Waals surface area contributed by atoms with E-state index in [1.807, 2.05) is 4.90 Å². The molecule has 0 bridgehead atoms. The number of nitrogens with zero attached hydrogens (tertiary/aromatic N) is 2. The van der Waals surface area contributed by atoms with Crippen LogP contribution in [0.2, 0.25) is 0 Å². The average molecular weight is 300 g/mol. The predicted octanol–water partition coefficient (Wildman–Crippen LogP) is 3.21. The van der Waals surface area contributed by atoms with Gasteiger partial charge in [0.2, 0.25) is 0 Å². The van der Waals surface area contributed by atoms with E-state index in [2.05, 4.69) is 0 Å². The van der Waals surface area contributed by atoms with E-state index in [0.29, 0.717) is 0 Å². The van der Waals surface area contributed by atoms with Crippen LogP contribution in [0.5, 0.6) is 0 Å². The average Bonchev–Trinajstić information content (AvgIpc) is 2.72. The molecule has 0 radical (unpaired) electrons. The Bertz CT molecular complexity index is 348. The summed E-state index contributed by atoms with van der Waals surface area (Å²) in [4.78, 5) is 27.6. The second kappa shape index (κ2) is 6.64. The third-order valence-corrected chi connectivity index (χ3v) is 2.77. The predicted molar refractivity (Wildman–Crippen MR) is 80.0 cm³/mol. The topological polar surface area (TPSA) is 59.1 Å². The van der Waals surface area contributed by atoms with Crippen LogP contribution >= 0.6 is 0 Å². The zero-order valence-electron chi connectivity index (χ0n) is 14.1. The van der Waals surface area contributed by atoms with Crippen molar-refractivity contribution in [1.29, 1.82) is 0 Å². The summed E-state index contributed by atoms with van der Waals surface area (Å²) in [6.45, 7) is 12.6. The maximum Gasteiger partial charge on any atom is 0.420 e. The molecule has 1 heterocycles. The van der Waals surface area contributed by atoms with Gasteiger partial charge in [-0.1, -0.05) is 0 Å². The van der Waals surface area contributed by atoms with E-state index in [1.165, 1.54) is 0 Å². The van der Waals surface area contributed by atoms with Crippen molar-refractivity contribution in [1.82, 2.24) is 9.80 Å². The van der Waals surface area contributed by atoms with Crippen molar-refractivity contribution in [2.45, 2.75) is 65.6 Å². The molecule has 1 aliphatic rings. The molecule has 0 aromatic carbocycles. The van der Waals surface area contributed by atoms with Gasteiger partial charge in [-0.3, -0.25) is 4.90 Å². The van der Waals surface area contributed by atoms with Crippen molar-refractivity contribution >= 4 is 12.2 Å². The number of carbonyl (C=O) groups excluding carboxylic acids is 2. The van der Waals surface area contributed by atoms with Crippen LogP contribution in [0, 0.1) is 0 Å². The molecule has 0 unspecified atom stereocenters. The van der Waals surface area contributed by atoms with Gasteiger partial charge in [-0.15, -0.1) is 0 Å². The molecule has 6 nitrogen and oxygen atoms in total. The van der Waals surface area contributed by atoms with Crippen molar-refractivity contribution in [2.75, 3.05) is 19.8 Å². The standard InChI is InChI=1S/C15H28N2O4/c1-14(2,3)20-12(18)17(11-16-9-7-8-10-16)13(19)21-15(4,5)6/h7-11H2,1-6H3. The normalized spacial score (nSPS) is 16.7. The molecule has 0 aliphatic carbocycles. The van der Waals surface area contributed by atoms with Crippen LogP contribution in [-0.2, 0) is 9.47 Å². The molecule has 0 spiro atoms. The number of hydrogen-bond donors (Lipinski definition) is 0. The maximum absolute atomic E-state index is 12.3. The SMILES string of the molecule is CC(C)(C)OC(=O)N(CN1CCCC1)C(=O)OC(C)(C)C. The zero-order valence-corrected chi connectivity index (χ0v) is 14.1. The van der Waals surface area contributed by atoms with E-state index in [4.69, 9.17) is 9.47 Å². The Labute approximate surface area is 127 Å². The molecule has 122 valence electrons. The van der Waals surface area contributed by atoms with Gasteiger partial charge in [-0.05, 0) is 67.5 Å². The van der Waals surface area contributed by atoms with Crippen molar-refractivity contribution in [3.8, 4) is 0 Å². The van der Waals surface area contributed by atoms with Gasteiger partial charge in [0, 0.05) is 0 Å². The minimum absolute atomic E-state index is 0.212. The molecule has 21 heavy (non-hydrogen) atoms. The van der Waals surface area contributed by atoms with Gasteiger partial charge in [0.15, 0.2) is 0 Å². The Morgan fingerprint density at radius 3 is 1.62 bits per heavy atom. The second-order valence-electron chi connectivity index (χ2n) is 7.36. The van der Waals surface area contributed by atoms with Crippen LogP contribution in [0.15, 0.2) is 0 Å². The van der Waals surface area contributed by atoms with Gasteiger partial charge in [0.25, 0.3) is 0 Å². The van der Waals surface area contributed by atoms with E-state index in [1.54, 1.807) is 41.5 Å². The second-order valence-corrected chi connectivity index (χ2v) is 7.36. The molecule has 1 aliphatic heterocycles. The summed E-state index contributed by atoms with van der Waals surface area (Å²) in [6.07, 6.45) is 0.833. The molecule has 2 amide bonds. The first-order chi connectivity index (χ1) is 9.48. The van der Waals surface area contributed by atoms with Gasteiger partial charge in [-0.2, -0.15) is 4.90 Å². The smallest absolute Gasteiger partial charge is 0.420 e. The molecule has 6 heteroatoms. The van der Waals surface area contributed by atoms with Crippen LogP contribution in [0.4, 0.5) is 9.59 Å². The summed E-state index contributed by atoms with van der Waals surface area (Å²) in [5.74, 6) is 0. The van der Waals surface area contributed by atoms with Gasteiger partial charge in [0.05, 0.1) is 6.67 Å². The minimum Gasteiger partial charge on any atom is -0.443 e. The lowest BCUT2D eigenvalue weighted by Crippen LogP contribution is -2.48. The fraction of sp³-hybridized carbons (Fsp3) is 0.867. The summed E-state index contributed by atoms with van der Waals surface area (Å²) >= 11 is 0. The quantitative estimate of drug-likeness (QED) is 0.783. The number of ether oxygens (including phenoxy) is 2. The number of carbonyl (C=O) groups is 2. The first-order valence-corrected chi connectivity index (χ1v) is 7.44. The van der Waals surface area contributed by atoms with Gasteiger partial charge in [0.1, 0.15) is 11.2 Å². The molecular weight excluding hydrogens is 272 g/mol. The van der Waals surface area contributed by atoms with Gasteiger partial charge < -0.3 is 9.47 Å². The molecule has 0 aromatic heterocycles. The first kappa shape index (κ1) is 17.8.